The number of hydrogen-bond acceptors (Lipinski definition) is 4. The van der Waals surface area contributed by atoms with E-state index in [1.165, 1.54) is 10.4 Å². The third-order valence-corrected chi connectivity index (χ3v) is 6.16. The Morgan fingerprint density at radius 2 is 2.09 bits per heavy atom. The zero-order valence-electron chi connectivity index (χ0n) is 12.5. The minimum atomic E-state index is -3.68. The smallest absolute Gasteiger partial charge is 0.250 e. The van der Waals surface area contributed by atoms with Crippen LogP contribution in [0.25, 0.3) is 0 Å². The van der Waals surface area contributed by atoms with Crippen LogP contribution in [0.3, 0.4) is 0 Å². The van der Waals surface area contributed by atoms with E-state index in [0.29, 0.717) is 23.8 Å². The molecule has 1 aromatic heterocycles. The Labute approximate surface area is 135 Å². The summed E-state index contributed by atoms with van der Waals surface area (Å²) in [5.41, 5.74) is 1.38. The topological polar surface area (TPSA) is 79.0 Å². The summed E-state index contributed by atoms with van der Waals surface area (Å²) in [6.45, 7) is 1.19. The van der Waals surface area contributed by atoms with Crippen molar-refractivity contribution in [2.75, 3.05) is 10.8 Å². The van der Waals surface area contributed by atoms with Gasteiger partial charge in [0.1, 0.15) is 5.82 Å². The van der Waals surface area contributed by atoms with Gasteiger partial charge in [0.05, 0.1) is 22.7 Å². The van der Waals surface area contributed by atoms with Crippen molar-refractivity contribution in [1.29, 1.82) is 5.26 Å². The fraction of sp³-hybridized carbons (Fsp3) is 0.375. The van der Waals surface area contributed by atoms with Crippen LogP contribution in [0.1, 0.15) is 36.3 Å². The Morgan fingerprint density at radius 1 is 1.26 bits per heavy atom. The lowest BCUT2D eigenvalue weighted by Gasteiger charge is -2.30. The van der Waals surface area contributed by atoms with Crippen molar-refractivity contribution in [2.45, 2.75) is 36.6 Å². The van der Waals surface area contributed by atoms with Crippen molar-refractivity contribution in [1.82, 2.24) is 9.78 Å². The van der Waals surface area contributed by atoms with Gasteiger partial charge in [0.15, 0.2) is 0 Å². The molecule has 0 atom stereocenters. The average molecular weight is 328 g/mol. The Morgan fingerprint density at radius 3 is 2.83 bits per heavy atom. The number of anilines is 1. The normalized spacial score (nSPS) is 17.6. The van der Waals surface area contributed by atoms with E-state index in [-0.39, 0.29) is 4.90 Å². The van der Waals surface area contributed by atoms with Crippen LogP contribution in [0.4, 0.5) is 5.82 Å². The monoisotopic (exact) mass is 328 g/mol. The molecule has 6 nitrogen and oxygen atoms in total. The van der Waals surface area contributed by atoms with E-state index < -0.39 is 10.0 Å². The molecular weight excluding hydrogens is 312 g/mol. The van der Waals surface area contributed by atoms with Crippen molar-refractivity contribution >= 4 is 15.8 Å². The summed E-state index contributed by atoms with van der Waals surface area (Å²) in [7, 11) is -3.68. The lowest BCUT2D eigenvalue weighted by molar-refractivity contribution is 0.531. The zero-order valence-corrected chi connectivity index (χ0v) is 13.3. The Kier molecular flexibility index (Phi) is 3.16. The number of rotatable bonds is 3. The maximum atomic E-state index is 13.1. The molecule has 1 fully saturated rings. The first-order valence-corrected chi connectivity index (χ1v) is 9.14. The standard InChI is InChI=1S/C16H16N4O2S/c17-10-12-3-1-4-14(9-12)23(21,22)20-8-2-7-19-16(20)15(11-18-19)13-5-6-13/h1,3-4,9,11,13H,2,5-8H2. The molecule has 23 heavy (non-hydrogen) atoms. The average Bonchev–Trinajstić information content (AvgIpc) is 3.33. The van der Waals surface area contributed by atoms with Crippen LogP contribution in [0.2, 0.25) is 0 Å². The van der Waals surface area contributed by atoms with Gasteiger partial charge in [0, 0.05) is 18.7 Å². The van der Waals surface area contributed by atoms with Crippen LogP contribution in [0, 0.1) is 11.3 Å². The van der Waals surface area contributed by atoms with Gasteiger partial charge in [-0.25, -0.2) is 17.4 Å². The van der Waals surface area contributed by atoms with Crippen LogP contribution in [0.15, 0.2) is 35.4 Å². The third kappa shape index (κ3) is 2.30. The van der Waals surface area contributed by atoms with Gasteiger partial charge >= 0.3 is 0 Å². The van der Waals surface area contributed by atoms with Crippen molar-refractivity contribution in [3.05, 3.63) is 41.6 Å². The molecule has 1 saturated carbocycles. The Balaban J connectivity index is 1.82. The zero-order chi connectivity index (χ0) is 16.0. The van der Waals surface area contributed by atoms with E-state index in [1.54, 1.807) is 22.9 Å². The number of aryl methyl sites for hydroxylation is 1. The molecule has 4 rings (SSSR count). The van der Waals surface area contributed by atoms with Crippen molar-refractivity contribution in [3.63, 3.8) is 0 Å². The van der Waals surface area contributed by atoms with Crippen LogP contribution < -0.4 is 4.31 Å². The lowest BCUT2D eigenvalue weighted by atomic mass is 10.2. The molecule has 1 aromatic carbocycles. The minimum Gasteiger partial charge on any atom is -0.250 e. The van der Waals surface area contributed by atoms with Crippen molar-refractivity contribution in [2.24, 2.45) is 0 Å². The van der Waals surface area contributed by atoms with Gasteiger partial charge in [-0.2, -0.15) is 10.4 Å². The molecule has 2 aromatic rings. The van der Waals surface area contributed by atoms with Crippen molar-refractivity contribution in [3.8, 4) is 6.07 Å². The fourth-order valence-electron chi connectivity index (χ4n) is 3.07. The van der Waals surface area contributed by atoms with Gasteiger partial charge in [-0.05, 0) is 43.4 Å². The molecule has 0 bridgehead atoms. The van der Waals surface area contributed by atoms with Gasteiger partial charge in [-0.1, -0.05) is 6.07 Å². The third-order valence-electron chi connectivity index (χ3n) is 4.37. The molecule has 0 saturated heterocycles. The molecule has 0 spiro atoms. The summed E-state index contributed by atoms with van der Waals surface area (Å²) in [6.07, 6.45) is 4.73. The fourth-order valence-corrected chi connectivity index (χ4v) is 4.65. The summed E-state index contributed by atoms with van der Waals surface area (Å²) in [4.78, 5) is 0.160. The first-order chi connectivity index (χ1) is 11.1. The van der Waals surface area contributed by atoms with Crippen molar-refractivity contribution < 1.29 is 8.42 Å². The van der Waals surface area contributed by atoms with Gasteiger partial charge in [0.2, 0.25) is 0 Å². The predicted octanol–water partition coefficient (Wildman–Crippen LogP) is 2.23. The van der Waals surface area contributed by atoms with E-state index in [4.69, 9.17) is 5.26 Å². The summed E-state index contributed by atoms with van der Waals surface area (Å²) < 4.78 is 29.4. The van der Waals surface area contributed by atoms with E-state index in [0.717, 1.165) is 31.4 Å². The molecule has 0 unspecified atom stereocenters. The van der Waals surface area contributed by atoms with E-state index in [2.05, 4.69) is 5.10 Å². The summed E-state index contributed by atoms with van der Waals surface area (Å²) in [6, 6.07) is 8.18. The molecule has 0 radical (unpaired) electrons. The number of hydrogen-bond donors (Lipinski definition) is 0. The molecule has 2 aliphatic rings. The molecule has 118 valence electrons. The molecule has 1 aliphatic heterocycles. The van der Waals surface area contributed by atoms with E-state index in [9.17, 15) is 8.42 Å². The number of sulfonamides is 1. The van der Waals surface area contributed by atoms with Crippen LogP contribution in [-0.4, -0.2) is 24.7 Å². The highest BCUT2D eigenvalue weighted by molar-refractivity contribution is 7.92. The van der Waals surface area contributed by atoms with E-state index in [1.807, 2.05) is 12.3 Å². The maximum Gasteiger partial charge on any atom is 0.265 e. The molecule has 1 aliphatic carbocycles. The summed E-state index contributed by atoms with van der Waals surface area (Å²) >= 11 is 0. The highest BCUT2D eigenvalue weighted by atomic mass is 32.2. The second-order valence-electron chi connectivity index (χ2n) is 5.99. The van der Waals surface area contributed by atoms with Gasteiger partial charge in [0.25, 0.3) is 10.0 Å². The second-order valence-corrected chi connectivity index (χ2v) is 7.85. The largest absolute Gasteiger partial charge is 0.265 e. The first kappa shape index (κ1) is 14.3. The SMILES string of the molecule is N#Cc1cccc(S(=O)(=O)N2CCCn3ncc(C4CC4)c32)c1. The van der Waals surface area contributed by atoms with Crippen LogP contribution in [0.5, 0.6) is 0 Å². The maximum absolute atomic E-state index is 13.1. The minimum absolute atomic E-state index is 0.160. The molecular formula is C16H16N4O2S. The number of fused-ring (bicyclic) bond motifs is 1. The highest BCUT2D eigenvalue weighted by Gasteiger charge is 2.37. The molecule has 2 heterocycles. The predicted molar refractivity (Wildman–Crippen MR) is 84.5 cm³/mol. The first-order valence-electron chi connectivity index (χ1n) is 7.70. The van der Waals surface area contributed by atoms with Gasteiger partial charge in [-0.3, -0.25) is 0 Å². The second kappa shape index (κ2) is 5.10. The molecule has 0 amide bonds. The highest BCUT2D eigenvalue weighted by Crippen LogP contribution is 2.46. The number of nitrogens with zero attached hydrogens (tertiary/aromatic N) is 4. The summed E-state index contributed by atoms with van der Waals surface area (Å²) in [5, 5.41) is 13.4. The van der Waals surface area contributed by atoms with E-state index >= 15 is 0 Å². The number of nitriles is 1. The van der Waals surface area contributed by atoms with Crippen LogP contribution in [-0.2, 0) is 16.6 Å². The quantitative estimate of drug-likeness (QED) is 0.865. The van der Waals surface area contributed by atoms with Crippen LogP contribution >= 0.6 is 0 Å². The molecule has 7 heteroatoms. The Bertz CT molecular complexity index is 906. The number of benzene rings is 1. The summed E-state index contributed by atoms with van der Waals surface area (Å²) in [5.74, 6) is 1.14. The van der Waals surface area contributed by atoms with Gasteiger partial charge < -0.3 is 0 Å². The lowest BCUT2D eigenvalue weighted by Crippen LogP contribution is -2.38. The Hall–Kier alpha value is -2.33. The number of aromatic nitrogens is 2. The van der Waals surface area contributed by atoms with Gasteiger partial charge in [-0.15, -0.1) is 0 Å². The molecule has 0 N–H and O–H groups in total.